The first-order valence-corrected chi connectivity index (χ1v) is 11.3. The van der Waals surface area contributed by atoms with Crippen molar-refractivity contribution < 1.29 is 17.6 Å². The minimum Gasteiger partial charge on any atom is -0.467 e. The second-order valence-corrected chi connectivity index (χ2v) is 8.97. The quantitative estimate of drug-likeness (QED) is 0.494. The van der Waals surface area contributed by atoms with E-state index in [0.717, 1.165) is 0 Å². The van der Waals surface area contributed by atoms with Crippen molar-refractivity contribution in [2.24, 2.45) is 0 Å². The number of nitrogens with zero attached hydrogens (tertiary/aromatic N) is 2. The monoisotopic (exact) mass is 477 g/mol. The summed E-state index contributed by atoms with van der Waals surface area (Å²) in [5.41, 5.74) is 0.593. The molecule has 0 unspecified atom stereocenters. The molecule has 1 amide bonds. The number of furan rings is 1. The minimum atomic E-state index is -3.97. The highest BCUT2D eigenvalue weighted by Crippen LogP contribution is 2.27. The Morgan fingerprint density at radius 2 is 1.87 bits per heavy atom. The Bertz CT molecular complexity index is 1200. The topological polar surface area (TPSA) is 103 Å². The van der Waals surface area contributed by atoms with Crippen LogP contribution in [-0.2, 0) is 16.6 Å². The van der Waals surface area contributed by atoms with Crippen LogP contribution in [0.3, 0.4) is 0 Å². The number of anilines is 1. The molecular formula is C21H17Cl2N3O4S. The van der Waals surface area contributed by atoms with Crippen LogP contribution in [0.2, 0.25) is 10.0 Å². The normalized spacial score (nSPS) is 11.0. The zero-order valence-electron chi connectivity index (χ0n) is 16.1. The molecule has 31 heavy (non-hydrogen) atoms. The van der Waals surface area contributed by atoms with Crippen LogP contribution in [0.5, 0.6) is 0 Å². The van der Waals surface area contributed by atoms with Gasteiger partial charge in [0.05, 0.1) is 30.3 Å². The Kier molecular flexibility index (Phi) is 7.23. The standard InChI is InChI=1S/C21H17Cl2N3O4S/c22-16-6-9-19(23)20(13-16)31(28,29)25-17-7-4-15(5-8-17)21(27)26(11-2-10-24)14-18-3-1-12-30-18/h1,3-9,12-13,25H,2,11,14H2. The maximum Gasteiger partial charge on any atom is 0.263 e. The van der Waals surface area contributed by atoms with Crippen molar-refractivity contribution in [3.63, 3.8) is 0 Å². The number of amides is 1. The van der Waals surface area contributed by atoms with Crippen molar-refractivity contribution in [3.8, 4) is 6.07 Å². The molecule has 0 bridgehead atoms. The van der Waals surface area contributed by atoms with Crippen molar-refractivity contribution in [1.29, 1.82) is 5.26 Å². The summed E-state index contributed by atoms with van der Waals surface area (Å²) in [7, 11) is -3.97. The summed E-state index contributed by atoms with van der Waals surface area (Å²) in [5.74, 6) is 0.285. The average Bonchev–Trinajstić information content (AvgIpc) is 3.26. The Hall–Kier alpha value is -2.99. The molecule has 0 aliphatic heterocycles. The zero-order chi connectivity index (χ0) is 22.4. The van der Waals surface area contributed by atoms with Gasteiger partial charge in [0.15, 0.2) is 0 Å². The summed E-state index contributed by atoms with van der Waals surface area (Å²) in [4.78, 5) is 14.2. The van der Waals surface area contributed by atoms with E-state index in [1.807, 2.05) is 6.07 Å². The van der Waals surface area contributed by atoms with Crippen LogP contribution in [0.15, 0.2) is 70.2 Å². The van der Waals surface area contributed by atoms with Crippen molar-refractivity contribution >= 4 is 44.8 Å². The summed E-state index contributed by atoms with van der Waals surface area (Å²) in [6.45, 7) is 0.451. The molecule has 1 heterocycles. The number of carbonyl (C=O) groups is 1. The van der Waals surface area contributed by atoms with Gasteiger partial charge >= 0.3 is 0 Å². The van der Waals surface area contributed by atoms with Gasteiger partial charge < -0.3 is 9.32 Å². The van der Waals surface area contributed by atoms with Crippen LogP contribution in [0.25, 0.3) is 0 Å². The van der Waals surface area contributed by atoms with E-state index in [9.17, 15) is 13.2 Å². The first-order chi connectivity index (χ1) is 14.8. The summed E-state index contributed by atoms with van der Waals surface area (Å²) in [5, 5.41) is 9.15. The maximum atomic E-state index is 12.9. The predicted molar refractivity (Wildman–Crippen MR) is 117 cm³/mol. The summed E-state index contributed by atoms with van der Waals surface area (Å²) >= 11 is 11.9. The van der Waals surface area contributed by atoms with Gasteiger partial charge in [-0.2, -0.15) is 5.26 Å². The lowest BCUT2D eigenvalue weighted by atomic mass is 10.1. The van der Waals surface area contributed by atoms with Gasteiger partial charge in [-0.25, -0.2) is 8.42 Å². The van der Waals surface area contributed by atoms with E-state index in [-0.39, 0.29) is 46.0 Å². The molecule has 0 aliphatic rings. The van der Waals surface area contributed by atoms with Gasteiger partial charge in [0.25, 0.3) is 15.9 Å². The molecule has 1 aromatic heterocycles. The van der Waals surface area contributed by atoms with E-state index in [0.29, 0.717) is 11.3 Å². The molecule has 0 fully saturated rings. The van der Waals surface area contributed by atoms with E-state index in [1.165, 1.54) is 53.6 Å². The molecule has 0 aliphatic carbocycles. The molecule has 7 nitrogen and oxygen atoms in total. The highest BCUT2D eigenvalue weighted by Gasteiger charge is 2.20. The first kappa shape index (κ1) is 22.7. The largest absolute Gasteiger partial charge is 0.467 e. The van der Waals surface area contributed by atoms with E-state index in [2.05, 4.69) is 4.72 Å². The van der Waals surface area contributed by atoms with Gasteiger partial charge in [-0.3, -0.25) is 9.52 Å². The summed E-state index contributed by atoms with van der Waals surface area (Å²) in [6.07, 6.45) is 1.68. The van der Waals surface area contributed by atoms with Gasteiger partial charge in [-0.1, -0.05) is 23.2 Å². The van der Waals surface area contributed by atoms with Crippen molar-refractivity contribution in [3.05, 3.63) is 82.2 Å². The second kappa shape index (κ2) is 9.88. The van der Waals surface area contributed by atoms with Crippen molar-refractivity contribution in [2.75, 3.05) is 11.3 Å². The van der Waals surface area contributed by atoms with Crippen LogP contribution in [0.4, 0.5) is 5.69 Å². The zero-order valence-corrected chi connectivity index (χ0v) is 18.4. The predicted octanol–water partition coefficient (Wildman–Crippen LogP) is 4.94. The molecule has 0 saturated carbocycles. The molecule has 3 rings (SSSR count). The maximum absolute atomic E-state index is 12.9. The Labute approximate surface area is 189 Å². The SMILES string of the molecule is N#CCCN(Cc1ccco1)C(=O)c1ccc(NS(=O)(=O)c2cc(Cl)ccc2Cl)cc1. The molecule has 3 aromatic rings. The molecule has 0 spiro atoms. The van der Waals surface area contributed by atoms with Gasteiger partial charge in [0.1, 0.15) is 10.7 Å². The highest BCUT2D eigenvalue weighted by atomic mass is 35.5. The van der Waals surface area contributed by atoms with Gasteiger partial charge in [-0.15, -0.1) is 0 Å². The van der Waals surface area contributed by atoms with E-state index in [1.54, 1.807) is 12.1 Å². The van der Waals surface area contributed by atoms with Crippen LogP contribution >= 0.6 is 23.2 Å². The Morgan fingerprint density at radius 1 is 1.13 bits per heavy atom. The van der Waals surface area contributed by atoms with Crippen LogP contribution in [0, 0.1) is 11.3 Å². The van der Waals surface area contributed by atoms with Crippen LogP contribution < -0.4 is 4.72 Å². The van der Waals surface area contributed by atoms with Crippen LogP contribution in [-0.4, -0.2) is 25.8 Å². The second-order valence-electron chi connectivity index (χ2n) is 6.47. The molecule has 10 heteroatoms. The van der Waals surface area contributed by atoms with Gasteiger partial charge in [0.2, 0.25) is 0 Å². The summed E-state index contributed by atoms with van der Waals surface area (Å²) in [6, 6.07) is 15.6. The number of nitrogens with one attached hydrogen (secondary N) is 1. The fourth-order valence-electron chi connectivity index (χ4n) is 2.78. The number of carbonyl (C=O) groups excluding carboxylic acids is 1. The smallest absolute Gasteiger partial charge is 0.263 e. The molecule has 0 radical (unpaired) electrons. The molecule has 0 atom stereocenters. The summed E-state index contributed by atoms with van der Waals surface area (Å²) < 4.78 is 33.0. The number of halogens is 2. The van der Waals surface area contributed by atoms with E-state index < -0.39 is 10.0 Å². The molecule has 1 N–H and O–H groups in total. The fraction of sp³-hybridized carbons (Fsp3) is 0.143. The van der Waals surface area contributed by atoms with Crippen LogP contribution in [0.1, 0.15) is 22.5 Å². The molecular weight excluding hydrogens is 461 g/mol. The van der Waals surface area contributed by atoms with Crippen molar-refractivity contribution in [2.45, 2.75) is 17.9 Å². The Balaban J connectivity index is 1.77. The lowest BCUT2D eigenvalue weighted by molar-refractivity contribution is 0.0735. The van der Waals surface area contributed by atoms with Gasteiger partial charge in [-0.05, 0) is 54.6 Å². The lowest BCUT2D eigenvalue weighted by Gasteiger charge is -2.20. The molecule has 160 valence electrons. The number of nitriles is 1. The number of hydrogen-bond acceptors (Lipinski definition) is 5. The van der Waals surface area contributed by atoms with Crippen molar-refractivity contribution in [1.82, 2.24) is 4.90 Å². The third kappa shape index (κ3) is 5.79. The first-order valence-electron chi connectivity index (χ1n) is 9.07. The fourth-order valence-corrected chi connectivity index (χ4v) is 4.61. The van der Waals surface area contributed by atoms with E-state index in [4.69, 9.17) is 32.9 Å². The average molecular weight is 478 g/mol. The number of rotatable bonds is 8. The number of benzene rings is 2. The third-order valence-corrected chi connectivity index (χ3v) is 6.37. The lowest BCUT2D eigenvalue weighted by Crippen LogP contribution is -2.31. The number of sulfonamides is 1. The molecule has 2 aromatic carbocycles. The molecule has 0 saturated heterocycles. The van der Waals surface area contributed by atoms with E-state index >= 15 is 0 Å². The highest BCUT2D eigenvalue weighted by molar-refractivity contribution is 7.92. The Morgan fingerprint density at radius 3 is 2.52 bits per heavy atom. The third-order valence-electron chi connectivity index (χ3n) is 4.27. The minimum absolute atomic E-state index is 0.0368. The number of hydrogen-bond donors (Lipinski definition) is 1. The van der Waals surface area contributed by atoms with Gasteiger partial charge in [0, 0.05) is 22.8 Å².